The number of hydrogen-bond acceptors (Lipinski definition) is 3. The Morgan fingerprint density at radius 1 is 1.33 bits per heavy atom. The normalized spacial score (nSPS) is 20.8. The predicted molar refractivity (Wildman–Crippen MR) is 82.3 cm³/mol. The number of aromatic amines is 1. The summed E-state index contributed by atoms with van der Waals surface area (Å²) in [5.74, 6) is -0.0238. The van der Waals surface area contributed by atoms with Gasteiger partial charge in [-0.05, 0) is 31.9 Å². The van der Waals surface area contributed by atoms with Crippen molar-refractivity contribution in [1.82, 2.24) is 10.3 Å². The van der Waals surface area contributed by atoms with Crippen LogP contribution in [0, 0.1) is 13.8 Å². The van der Waals surface area contributed by atoms with Crippen LogP contribution < -0.4 is 5.32 Å². The summed E-state index contributed by atoms with van der Waals surface area (Å²) in [5, 5.41) is 3.86. The van der Waals surface area contributed by atoms with Crippen LogP contribution in [-0.4, -0.2) is 36.9 Å². The lowest BCUT2D eigenvalue weighted by Gasteiger charge is -2.11. The van der Waals surface area contributed by atoms with Crippen LogP contribution in [0.2, 0.25) is 0 Å². The van der Waals surface area contributed by atoms with Gasteiger partial charge in [-0.2, -0.15) is 0 Å². The van der Waals surface area contributed by atoms with Crippen LogP contribution in [0.25, 0.3) is 10.9 Å². The van der Waals surface area contributed by atoms with Crippen LogP contribution in [-0.2, 0) is 9.84 Å². The Balaban J connectivity index is 1.90. The van der Waals surface area contributed by atoms with Crippen molar-refractivity contribution in [2.75, 3.05) is 11.5 Å². The first-order valence-electron chi connectivity index (χ1n) is 6.96. The van der Waals surface area contributed by atoms with Crippen molar-refractivity contribution in [3.63, 3.8) is 0 Å². The van der Waals surface area contributed by atoms with E-state index in [0.29, 0.717) is 12.0 Å². The SMILES string of the molecule is Cc1[nH]c2c(C(=O)N[C@H]3CCS(=O)(=O)C3)cccc2c1C. The van der Waals surface area contributed by atoms with Gasteiger partial charge >= 0.3 is 0 Å². The number of aromatic nitrogens is 1. The van der Waals surface area contributed by atoms with E-state index in [1.807, 2.05) is 26.0 Å². The Bertz CT molecular complexity index is 821. The van der Waals surface area contributed by atoms with E-state index >= 15 is 0 Å². The van der Waals surface area contributed by atoms with Gasteiger partial charge in [-0.1, -0.05) is 12.1 Å². The lowest BCUT2D eigenvalue weighted by Crippen LogP contribution is -2.35. The van der Waals surface area contributed by atoms with Crippen LogP contribution in [0.15, 0.2) is 18.2 Å². The highest BCUT2D eigenvalue weighted by Crippen LogP contribution is 2.24. The molecular weight excluding hydrogens is 288 g/mol. The predicted octanol–water partition coefficient (Wildman–Crippen LogP) is 1.70. The summed E-state index contributed by atoms with van der Waals surface area (Å²) in [5.41, 5.74) is 3.54. The van der Waals surface area contributed by atoms with Gasteiger partial charge in [0, 0.05) is 17.1 Å². The molecule has 2 heterocycles. The molecule has 21 heavy (non-hydrogen) atoms. The molecule has 1 aliphatic heterocycles. The topological polar surface area (TPSA) is 79.0 Å². The molecule has 3 rings (SSSR count). The second kappa shape index (κ2) is 4.87. The molecule has 0 unspecified atom stereocenters. The van der Waals surface area contributed by atoms with Gasteiger partial charge in [0.1, 0.15) is 0 Å². The van der Waals surface area contributed by atoms with E-state index in [1.54, 1.807) is 6.07 Å². The van der Waals surface area contributed by atoms with Crippen molar-refractivity contribution >= 4 is 26.6 Å². The van der Waals surface area contributed by atoms with Gasteiger partial charge < -0.3 is 10.3 Å². The number of rotatable bonds is 2. The summed E-state index contributed by atoms with van der Waals surface area (Å²) >= 11 is 0. The maximum atomic E-state index is 12.4. The number of H-pyrrole nitrogens is 1. The van der Waals surface area contributed by atoms with Crippen LogP contribution in [0.5, 0.6) is 0 Å². The van der Waals surface area contributed by atoms with Crippen molar-refractivity contribution in [3.05, 3.63) is 35.0 Å². The number of fused-ring (bicyclic) bond motifs is 1. The van der Waals surface area contributed by atoms with Gasteiger partial charge in [-0.25, -0.2) is 8.42 Å². The van der Waals surface area contributed by atoms with E-state index in [4.69, 9.17) is 0 Å². The second-order valence-electron chi connectivity index (χ2n) is 5.68. The molecule has 6 heteroatoms. The maximum absolute atomic E-state index is 12.4. The zero-order chi connectivity index (χ0) is 15.2. The summed E-state index contributed by atoms with van der Waals surface area (Å²) < 4.78 is 22.9. The van der Waals surface area contributed by atoms with Crippen molar-refractivity contribution in [2.45, 2.75) is 26.3 Å². The monoisotopic (exact) mass is 306 g/mol. The fraction of sp³-hybridized carbons (Fsp3) is 0.400. The van der Waals surface area contributed by atoms with Gasteiger partial charge in [-0.3, -0.25) is 4.79 Å². The zero-order valence-electron chi connectivity index (χ0n) is 12.1. The Labute approximate surface area is 123 Å². The smallest absolute Gasteiger partial charge is 0.253 e. The molecule has 0 aliphatic carbocycles. The fourth-order valence-corrected chi connectivity index (χ4v) is 4.52. The van der Waals surface area contributed by atoms with Gasteiger partial charge in [0.2, 0.25) is 0 Å². The average Bonchev–Trinajstić information content (AvgIpc) is 2.90. The number of carbonyl (C=O) groups excluding carboxylic acids is 1. The molecule has 0 saturated carbocycles. The number of aryl methyl sites for hydroxylation is 2. The fourth-order valence-electron chi connectivity index (χ4n) is 2.84. The number of hydrogen-bond donors (Lipinski definition) is 2. The average molecular weight is 306 g/mol. The molecular formula is C15H18N2O3S. The first-order chi connectivity index (χ1) is 9.87. The highest BCUT2D eigenvalue weighted by atomic mass is 32.2. The molecule has 1 aromatic carbocycles. The molecule has 1 aromatic heterocycles. The standard InChI is InChI=1S/C15H18N2O3S/c1-9-10(2)16-14-12(9)4-3-5-13(14)15(18)17-11-6-7-21(19,20)8-11/h3-5,11,16H,6-8H2,1-2H3,(H,17,18)/t11-/m0/s1. The second-order valence-corrected chi connectivity index (χ2v) is 7.91. The van der Waals surface area contributed by atoms with Crippen LogP contribution in [0.1, 0.15) is 28.0 Å². The van der Waals surface area contributed by atoms with E-state index in [9.17, 15) is 13.2 Å². The van der Waals surface area contributed by atoms with Gasteiger partial charge in [0.05, 0.1) is 22.6 Å². The molecule has 1 fully saturated rings. The molecule has 1 amide bonds. The van der Waals surface area contributed by atoms with E-state index < -0.39 is 9.84 Å². The molecule has 0 bridgehead atoms. The first kappa shape index (κ1) is 14.1. The molecule has 0 radical (unpaired) electrons. The third-order valence-corrected chi connectivity index (χ3v) is 5.92. The lowest BCUT2D eigenvalue weighted by molar-refractivity contribution is 0.0942. The quantitative estimate of drug-likeness (QED) is 0.886. The number of carbonyl (C=O) groups is 1. The summed E-state index contributed by atoms with van der Waals surface area (Å²) in [4.78, 5) is 15.7. The Hall–Kier alpha value is -1.82. The highest BCUT2D eigenvalue weighted by molar-refractivity contribution is 7.91. The Morgan fingerprint density at radius 2 is 2.10 bits per heavy atom. The van der Waals surface area contributed by atoms with E-state index in [0.717, 1.165) is 22.2 Å². The Kier molecular flexibility index (Phi) is 3.28. The van der Waals surface area contributed by atoms with E-state index in [2.05, 4.69) is 10.3 Å². The molecule has 5 nitrogen and oxygen atoms in total. The minimum absolute atomic E-state index is 0.0392. The van der Waals surface area contributed by atoms with Gasteiger partial charge in [-0.15, -0.1) is 0 Å². The molecule has 2 aromatic rings. The largest absolute Gasteiger partial charge is 0.358 e. The van der Waals surface area contributed by atoms with Crippen LogP contribution >= 0.6 is 0 Å². The van der Waals surface area contributed by atoms with E-state index in [-0.39, 0.29) is 23.5 Å². The van der Waals surface area contributed by atoms with Crippen molar-refractivity contribution < 1.29 is 13.2 Å². The molecule has 0 spiro atoms. The lowest BCUT2D eigenvalue weighted by atomic mass is 10.1. The van der Waals surface area contributed by atoms with Crippen molar-refractivity contribution in [3.8, 4) is 0 Å². The third-order valence-electron chi connectivity index (χ3n) is 4.16. The third kappa shape index (κ3) is 2.55. The number of para-hydroxylation sites is 1. The van der Waals surface area contributed by atoms with Crippen LogP contribution in [0.4, 0.5) is 0 Å². The van der Waals surface area contributed by atoms with Crippen molar-refractivity contribution in [2.24, 2.45) is 0 Å². The van der Waals surface area contributed by atoms with Crippen LogP contribution in [0.3, 0.4) is 0 Å². The van der Waals surface area contributed by atoms with E-state index in [1.165, 1.54) is 0 Å². The first-order valence-corrected chi connectivity index (χ1v) is 8.79. The molecule has 1 atom stereocenters. The molecule has 1 aliphatic rings. The molecule has 1 saturated heterocycles. The molecule has 2 N–H and O–H groups in total. The molecule has 112 valence electrons. The van der Waals surface area contributed by atoms with Crippen molar-refractivity contribution in [1.29, 1.82) is 0 Å². The summed E-state index contributed by atoms with van der Waals surface area (Å²) in [6.07, 6.45) is 0.493. The summed E-state index contributed by atoms with van der Waals surface area (Å²) in [7, 11) is -2.99. The number of benzene rings is 1. The zero-order valence-corrected chi connectivity index (χ0v) is 12.9. The maximum Gasteiger partial charge on any atom is 0.253 e. The number of sulfone groups is 1. The Morgan fingerprint density at radius 3 is 2.76 bits per heavy atom. The highest BCUT2D eigenvalue weighted by Gasteiger charge is 2.29. The summed E-state index contributed by atoms with van der Waals surface area (Å²) in [6.45, 7) is 3.99. The number of nitrogens with one attached hydrogen (secondary N) is 2. The van der Waals surface area contributed by atoms with Gasteiger partial charge in [0.15, 0.2) is 9.84 Å². The number of amides is 1. The van der Waals surface area contributed by atoms with Gasteiger partial charge in [0.25, 0.3) is 5.91 Å². The minimum Gasteiger partial charge on any atom is -0.358 e. The minimum atomic E-state index is -2.99. The summed E-state index contributed by atoms with van der Waals surface area (Å²) in [6, 6.07) is 5.31.